The van der Waals surface area contributed by atoms with Crippen LogP contribution in [0.4, 0.5) is 4.79 Å². The van der Waals surface area contributed by atoms with Crippen LogP contribution in [0.2, 0.25) is 0 Å². The maximum atomic E-state index is 11.8. The van der Waals surface area contributed by atoms with Crippen LogP contribution < -0.4 is 0 Å². The highest BCUT2D eigenvalue weighted by Crippen LogP contribution is 2.33. The van der Waals surface area contributed by atoms with Crippen LogP contribution in [0.25, 0.3) is 6.08 Å². The van der Waals surface area contributed by atoms with Gasteiger partial charge in [0.05, 0.1) is 11.2 Å². The van der Waals surface area contributed by atoms with E-state index in [1.54, 1.807) is 12.1 Å². The molecule has 1 aromatic carbocycles. The molecule has 8 heteroatoms. The predicted octanol–water partition coefficient (Wildman–Crippen LogP) is 1.39. The average molecular weight is 299 g/mol. The van der Waals surface area contributed by atoms with E-state index in [2.05, 4.69) is 0 Å². The summed E-state index contributed by atoms with van der Waals surface area (Å²) >= 11 is 0.565. The number of imide groups is 1. The number of sulfonamides is 1. The Kier molecular flexibility index (Phi) is 3.38. The second-order valence-corrected chi connectivity index (χ2v) is 6.63. The molecule has 1 saturated heterocycles. The molecule has 0 atom stereocenters. The molecule has 2 rings (SSSR count). The van der Waals surface area contributed by atoms with Gasteiger partial charge in [-0.25, -0.2) is 8.42 Å². The van der Waals surface area contributed by atoms with Gasteiger partial charge < -0.3 is 5.11 Å². The van der Waals surface area contributed by atoms with Gasteiger partial charge in [-0.15, -0.1) is 0 Å². The lowest BCUT2D eigenvalue weighted by Crippen LogP contribution is -2.33. The van der Waals surface area contributed by atoms with Crippen molar-refractivity contribution in [1.29, 1.82) is 0 Å². The molecule has 0 saturated carbocycles. The number of carbonyl (C=O) groups excluding carboxylic acids is 2. The number of carbonyl (C=O) groups is 2. The Morgan fingerprint density at radius 2 is 1.79 bits per heavy atom. The van der Waals surface area contributed by atoms with Crippen molar-refractivity contribution < 1.29 is 23.1 Å². The monoisotopic (exact) mass is 299 g/mol. The summed E-state index contributed by atoms with van der Waals surface area (Å²) in [5.41, 5.74) is 0.580. The fraction of sp³-hybridized carbons (Fsp3) is 0.0909. The number of aromatic hydroxyl groups is 1. The van der Waals surface area contributed by atoms with Gasteiger partial charge in [0.25, 0.3) is 5.91 Å². The minimum absolute atomic E-state index is 0.0288. The van der Waals surface area contributed by atoms with Gasteiger partial charge in [-0.3, -0.25) is 9.59 Å². The highest BCUT2D eigenvalue weighted by atomic mass is 32.2. The number of amides is 2. The molecule has 1 heterocycles. The molecule has 1 aliphatic heterocycles. The Labute approximate surface area is 113 Å². The predicted molar refractivity (Wildman–Crippen MR) is 70.8 cm³/mol. The zero-order chi connectivity index (χ0) is 14.2. The number of hydrogen-bond acceptors (Lipinski definition) is 6. The fourth-order valence-corrected chi connectivity index (χ4v) is 3.43. The number of phenolic OH excluding ortho intramolecular Hbond substituents is 1. The summed E-state index contributed by atoms with van der Waals surface area (Å²) < 4.78 is 22.9. The lowest BCUT2D eigenvalue weighted by atomic mass is 10.2. The Morgan fingerprint density at radius 1 is 1.21 bits per heavy atom. The van der Waals surface area contributed by atoms with Crippen molar-refractivity contribution in [2.45, 2.75) is 0 Å². The summed E-state index contributed by atoms with van der Waals surface area (Å²) in [4.78, 5) is 23.3. The maximum absolute atomic E-state index is 11.8. The van der Waals surface area contributed by atoms with Crippen molar-refractivity contribution in [1.82, 2.24) is 4.31 Å². The highest BCUT2D eigenvalue weighted by Gasteiger charge is 2.41. The third kappa shape index (κ3) is 2.79. The second kappa shape index (κ2) is 4.71. The third-order valence-corrected chi connectivity index (χ3v) is 4.26. The Balaban J connectivity index is 2.36. The summed E-state index contributed by atoms with van der Waals surface area (Å²) in [5.74, 6) is -0.785. The summed E-state index contributed by atoms with van der Waals surface area (Å²) in [7, 11) is -3.90. The number of thioether (sulfide) groups is 1. The average Bonchev–Trinajstić information content (AvgIpc) is 2.56. The van der Waals surface area contributed by atoms with E-state index in [1.807, 2.05) is 0 Å². The minimum atomic E-state index is -3.90. The molecule has 1 aromatic rings. The van der Waals surface area contributed by atoms with Crippen LogP contribution in [0.5, 0.6) is 5.75 Å². The van der Waals surface area contributed by atoms with Crippen molar-refractivity contribution in [2.24, 2.45) is 0 Å². The zero-order valence-electron chi connectivity index (χ0n) is 9.73. The van der Waals surface area contributed by atoms with E-state index < -0.39 is 21.2 Å². The van der Waals surface area contributed by atoms with E-state index in [-0.39, 0.29) is 15.0 Å². The normalized spacial score (nSPS) is 18.4. The lowest BCUT2D eigenvalue weighted by molar-refractivity contribution is -0.119. The van der Waals surface area contributed by atoms with E-state index >= 15 is 0 Å². The number of benzene rings is 1. The summed E-state index contributed by atoms with van der Waals surface area (Å²) in [5, 5.41) is 8.29. The number of hydrogen-bond donors (Lipinski definition) is 1. The van der Waals surface area contributed by atoms with E-state index in [0.29, 0.717) is 17.3 Å². The fourth-order valence-electron chi connectivity index (χ4n) is 1.46. The molecule has 0 spiro atoms. The molecule has 19 heavy (non-hydrogen) atoms. The Hall–Kier alpha value is -1.80. The SMILES string of the molecule is CS(=O)(=O)N1C(=O)S/C(=C\c2ccc(O)cc2)C1=O. The topological polar surface area (TPSA) is 91.8 Å². The van der Waals surface area contributed by atoms with E-state index in [4.69, 9.17) is 5.11 Å². The molecule has 0 unspecified atom stereocenters. The first-order chi connectivity index (χ1) is 8.79. The van der Waals surface area contributed by atoms with Crippen LogP contribution in [0.15, 0.2) is 29.2 Å². The van der Waals surface area contributed by atoms with Crippen molar-refractivity contribution in [3.63, 3.8) is 0 Å². The van der Waals surface area contributed by atoms with Crippen LogP contribution >= 0.6 is 11.8 Å². The van der Waals surface area contributed by atoms with Crippen molar-refractivity contribution in [2.75, 3.05) is 6.26 Å². The van der Waals surface area contributed by atoms with Crippen LogP contribution in [0, 0.1) is 0 Å². The first-order valence-corrected chi connectivity index (χ1v) is 7.72. The molecule has 1 aliphatic rings. The van der Waals surface area contributed by atoms with Crippen LogP contribution in [-0.2, 0) is 14.8 Å². The molecule has 0 aliphatic carbocycles. The molecule has 100 valence electrons. The van der Waals surface area contributed by atoms with Crippen LogP contribution in [0.3, 0.4) is 0 Å². The van der Waals surface area contributed by atoms with Gasteiger partial charge in [0.2, 0.25) is 10.0 Å². The molecule has 0 bridgehead atoms. The Bertz CT molecular complexity index is 676. The minimum Gasteiger partial charge on any atom is -0.508 e. The number of nitrogens with zero attached hydrogens (tertiary/aromatic N) is 1. The standard InChI is InChI=1S/C11H9NO5S2/c1-19(16,17)12-10(14)9(18-11(12)15)6-7-2-4-8(13)5-3-7/h2-6,13H,1H3/b9-6-. The maximum Gasteiger partial charge on any atom is 0.307 e. The van der Waals surface area contributed by atoms with Crippen LogP contribution in [-0.4, -0.2) is 35.2 Å². The molecule has 0 radical (unpaired) electrons. The highest BCUT2D eigenvalue weighted by molar-refractivity contribution is 8.19. The molecular formula is C11H9NO5S2. The third-order valence-electron chi connectivity index (χ3n) is 2.28. The molecular weight excluding hydrogens is 290 g/mol. The van der Waals surface area contributed by atoms with E-state index in [9.17, 15) is 18.0 Å². The van der Waals surface area contributed by atoms with E-state index in [0.717, 1.165) is 6.26 Å². The molecule has 0 aromatic heterocycles. The molecule has 6 nitrogen and oxygen atoms in total. The van der Waals surface area contributed by atoms with Crippen molar-refractivity contribution >= 4 is 39.0 Å². The first kappa shape index (κ1) is 13.6. The van der Waals surface area contributed by atoms with E-state index in [1.165, 1.54) is 18.2 Å². The van der Waals surface area contributed by atoms with Gasteiger partial charge in [0, 0.05) is 0 Å². The van der Waals surface area contributed by atoms with Gasteiger partial charge in [-0.05, 0) is 35.5 Å². The van der Waals surface area contributed by atoms with Crippen molar-refractivity contribution in [3.05, 3.63) is 34.7 Å². The van der Waals surface area contributed by atoms with Gasteiger partial charge in [0.15, 0.2) is 0 Å². The lowest BCUT2D eigenvalue weighted by Gasteiger charge is -2.07. The summed E-state index contributed by atoms with van der Waals surface area (Å²) in [6.07, 6.45) is 2.20. The quantitative estimate of drug-likeness (QED) is 0.830. The number of rotatable bonds is 2. The van der Waals surface area contributed by atoms with Gasteiger partial charge in [-0.2, -0.15) is 4.31 Å². The number of phenols is 1. The Morgan fingerprint density at radius 3 is 2.26 bits per heavy atom. The van der Waals surface area contributed by atoms with Crippen LogP contribution in [0.1, 0.15) is 5.56 Å². The van der Waals surface area contributed by atoms with Crippen molar-refractivity contribution in [3.8, 4) is 5.75 Å². The van der Waals surface area contributed by atoms with Gasteiger partial charge in [-0.1, -0.05) is 12.1 Å². The molecule has 2 amide bonds. The summed E-state index contributed by atoms with van der Waals surface area (Å²) in [6.45, 7) is 0. The second-order valence-electron chi connectivity index (χ2n) is 3.80. The van der Waals surface area contributed by atoms with Gasteiger partial charge in [0.1, 0.15) is 5.75 Å². The molecule has 1 fully saturated rings. The smallest absolute Gasteiger partial charge is 0.307 e. The summed E-state index contributed by atoms with van der Waals surface area (Å²) in [6, 6.07) is 5.94. The molecule has 1 N–H and O–H groups in total. The largest absolute Gasteiger partial charge is 0.508 e. The van der Waals surface area contributed by atoms with Gasteiger partial charge >= 0.3 is 5.24 Å². The first-order valence-electron chi connectivity index (χ1n) is 5.06. The zero-order valence-corrected chi connectivity index (χ0v) is 11.4.